The fourth-order valence-electron chi connectivity index (χ4n) is 3.30. The minimum absolute atomic E-state index is 0.0651. The molecule has 3 unspecified atom stereocenters. The number of aldehydes is 1. The second-order valence-electron chi connectivity index (χ2n) is 5.84. The van der Waals surface area contributed by atoms with Gasteiger partial charge in [0.15, 0.2) is 0 Å². The normalized spacial score (nSPS) is 40.4. The minimum Gasteiger partial charge on any atom is -0.392 e. The molecule has 0 aliphatic heterocycles. The molecule has 2 aliphatic carbocycles. The van der Waals surface area contributed by atoms with Crippen LogP contribution in [0.5, 0.6) is 0 Å². The Balaban J connectivity index is 2.44. The Bertz CT molecular complexity index is 392. The average molecular weight is 234 g/mol. The molecule has 1 saturated carbocycles. The summed E-state index contributed by atoms with van der Waals surface area (Å²) in [7, 11) is 0. The molecule has 0 aromatic rings. The highest BCUT2D eigenvalue weighted by Gasteiger charge is 2.43. The monoisotopic (exact) mass is 234 g/mol. The van der Waals surface area contributed by atoms with Gasteiger partial charge in [0.1, 0.15) is 6.29 Å². The Morgan fingerprint density at radius 2 is 2.24 bits per heavy atom. The van der Waals surface area contributed by atoms with Crippen molar-refractivity contribution in [1.29, 1.82) is 0 Å². The van der Waals surface area contributed by atoms with E-state index >= 15 is 0 Å². The molecule has 2 aliphatic rings. The van der Waals surface area contributed by atoms with Crippen LogP contribution in [-0.2, 0) is 4.79 Å². The van der Waals surface area contributed by atoms with E-state index in [0.717, 1.165) is 43.1 Å². The summed E-state index contributed by atoms with van der Waals surface area (Å²) in [4.78, 5) is 10.9. The Kier molecular flexibility index (Phi) is 3.26. The first-order valence-electron chi connectivity index (χ1n) is 6.54. The molecule has 0 saturated heterocycles. The van der Waals surface area contributed by atoms with E-state index in [1.807, 2.05) is 6.92 Å². The topological polar surface area (TPSA) is 37.3 Å². The summed E-state index contributed by atoms with van der Waals surface area (Å²) in [6.45, 7) is 6.29. The van der Waals surface area contributed by atoms with Crippen molar-refractivity contribution in [2.75, 3.05) is 0 Å². The molecule has 0 spiro atoms. The molecular formula is C15H22O2. The lowest BCUT2D eigenvalue weighted by molar-refractivity contribution is -0.104. The van der Waals surface area contributed by atoms with Crippen LogP contribution in [-0.4, -0.2) is 17.5 Å². The van der Waals surface area contributed by atoms with Gasteiger partial charge in [-0.2, -0.15) is 0 Å². The van der Waals surface area contributed by atoms with Crippen LogP contribution in [0.15, 0.2) is 22.8 Å². The third-order valence-electron chi connectivity index (χ3n) is 4.73. The third kappa shape index (κ3) is 1.99. The van der Waals surface area contributed by atoms with Crippen molar-refractivity contribution in [3.63, 3.8) is 0 Å². The molecule has 1 N–H and O–H groups in total. The third-order valence-corrected chi connectivity index (χ3v) is 4.73. The van der Waals surface area contributed by atoms with E-state index < -0.39 is 0 Å². The largest absolute Gasteiger partial charge is 0.392 e. The van der Waals surface area contributed by atoms with Crippen molar-refractivity contribution in [1.82, 2.24) is 0 Å². The van der Waals surface area contributed by atoms with Crippen molar-refractivity contribution in [2.24, 2.45) is 11.3 Å². The Morgan fingerprint density at radius 3 is 2.88 bits per heavy atom. The lowest BCUT2D eigenvalue weighted by atomic mass is 9.60. The molecule has 0 bridgehead atoms. The Hall–Kier alpha value is -0.890. The average Bonchev–Trinajstić information content (AvgIpc) is 2.33. The van der Waals surface area contributed by atoms with Crippen molar-refractivity contribution in [2.45, 2.75) is 52.6 Å². The van der Waals surface area contributed by atoms with Crippen LogP contribution >= 0.6 is 0 Å². The fourth-order valence-corrected chi connectivity index (χ4v) is 3.30. The van der Waals surface area contributed by atoms with E-state index in [1.54, 1.807) is 0 Å². The summed E-state index contributed by atoms with van der Waals surface area (Å²) < 4.78 is 0. The van der Waals surface area contributed by atoms with Gasteiger partial charge in [-0.1, -0.05) is 25.5 Å². The second kappa shape index (κ2) is 4.41. The standard InChI is InChI=1S/C15H22O2/c1-10-4-5-14(17)15(3)7-6-12(8-13(10)15)11(2)9-16/h8-10,14,17H,4-7H2,1-3H3. The summed E-state index contributed by atoms with van der Waals surface area (Å²) in [5.74, 6) is 0.526. The number of aliphatic hydroxyl groups is 1. The number of carbonyl (C=O) groups is 1. The van der Waals surface area contributed by atoms with Gasteiger partial charge in [0, 0.05) is 5.41 Å². The van der Waals surface area contributed by atoms with Gasteiger partial charge in [0.2, 0.25) is 0 Å². The first-order valence-corrected chi connectivity index (χ1v) is 6.54. The van der Waals surface area contributed by atoms with Gasteiger partial charge in [-0.3, -0.25) is 4.79 Å². The number of hydrogen-bond acceptors (Lipinski definition) is 2. The molecule has 0 aromatic heterocycles. The summed E-state index contributed by atoms with van der Waals surface area (Å²) in [6.07, 6.45) is 6.73. The molecule has 0 amide bonds. The minimum atomic E-state index is -0.219. The van der Waals surface area contributed by atoms with Gasteiger partial charge in [-0.05, 0) is 49.7 Å². The quantitative estimate of drug-likeness (QED) is 0.559. The van der Waals surface area contributed by atoms with E-state index in [9.17, 15) is 9.90 Å². The van der Waals surface area contributed by atoms with E-state index in [4.69, 9.17) is 0 Å². The molecule has 2 nitrogen and oxygen atoms in total. The number of hydrogen-bond donors (Lipinski definition) is 1. The summed E-state index contributed by atoms with van der Waals surface area (Å²) in [5.41, 5.74) is 3.28. The SMILES string of the molecule is CC(C=O)=C1C=C2C(C)CCC(O)C2(C)CC1. The van der Waals surface area contributed by atoms with Gasteiger partial charge in [0.05, 0.1) is 6.10 Å². The molecule has 2 rings (SSSR count). The van der Waals surface area contributed by atoms with Crippen LogP contribution in [0.25, 0.3) is 0 Å². The van der Waals surface area contributed by atoms with Gasteiger partial charge >= 0.3 is 0 Å². The molecule has 0 aromatic carbocycles. The van der Waals surface area contributed by atoms with Crippen molar-refractivity contribution in [3.05, 3.63) is 22.8 Å². The smallest absolute Gasteiger partial charge is 0.146 e. The molecule has 0 radical (unpaired) electrons. The molecule has 2 heteroatoms. The van der Waals surface area contributed by atoms with Gasteiger partial charge in [-0.25, -0.2) is 0 Å². The second-order valence-corrected chi connectivity index (χ2v) is 5.84. The van der Waals surface area contributed by atoms with Gasteiger partial charge in [0.25, 0.3) is 0 Å². The highest BCUT2D eigenvalue weighted by Crippen LogP contribution is 2.50. The maximum absolute atomic E-state index is 10.9. The molecule has 94 valence electrons. The number of carbonyl (C=O) groups excluding carboxylic acids is 1. The zero-order valence-electron chi connectivity index (χ0n) is 11.0. The Morgan fingerprint density at radius 1 is 1.53 bits per heavy atom. The molecule has 0 heterocycles. The van der Waals surface area contributed by atoms with Crippen LogP contribution < -0.4 is 0 Å². The fraction of sp³-hybridized carbons (Fsp3) is 0.667. The number of rotatable bonds is 1. The van der Waals surface area contributed by atoms with Crippen LogP contribution in [0, 0.1) is 11.3 Å². The van der Waals surface area contributed by atoms with E-state index in [1.165, 1.54) is 5.57 Å². The van der Waals surface area contributed by atoms with Crippen molar-refractivity contribution in [3.8, 4) is 0 Å². The molecule has 17 heavy (non-hydrogen) atoms. The highest BCUT2D eigenvalue weighted by atomic mass is 16.3. The molecular weight excluding hydrogens is 212 g/mol. The number of fused-ring (bicyclic) bond motifs is 1. The first kappa shape index (κ1) is 12.6. The van der Waals surface area contributed by atoms with Crippen molar-refractivity contribution >= 4 is 6.29 Å². The highest BCUT2D eigenvalue weighted by molar-refractivity contribution is 5.75. The summed E-state index contributed by atoms with van der Waals surface area (Å²) in [5, 5.41) is 10.2. The van der Waals surface area contributed by atoms with E-state index in [-0.39, 0.29) is 11.5 Å². The zero-order valence-corrected chi connectivity index (χ0v) is 11.0. The van der Waals surface area contributed by atoms with Gasteiger partial charge in [-0.15, -0.1) is 0 Å². The molecule has 3 atom stereocenters. The predicted octanol–water partition coefficient (Wildman–Crippen LogP) is 3.02. The summed E-state index contributed by atoms with van der Waals surface area (Å²) >= 11 is 0. The Labute approximate surface area is 103 Å². The first-order chi connectivity index (χ1) is 7.99. The van der Waals surface area contributed by atoms with E-state index in [2.05, 4.69) is 19.9 Å². The maximum Gasteiger partial charge on any atom is 0.146 e. The van der Waals surface area contributed by atoms with E-state index in [0.29, 0.717) is 5.92 Å². The van der Waals surface area contributed by atoms with Gasteiger partial charge < -0.3 is 5.11 Å². The van der Waals surface area contributed by atoms with Crippen LogP contribution in [0.1, 0.15) is 46.5 Å². The predicted molar refractivity (Wildman–Crippen MR) is 68.6 cm³/mol. The number of allylic oxidation sites excluding steroid dienone is 3. The van der Waals surface area contributed by atoms with Crippen LogP contribution in [0.2, 0.25) is 0 Å². The van der Waals surface area contributed by atoms with Crippen molar-refractivity contribution < 1.29 is 9.90 Å². The lowest BCUT2D eigenvalue weighted by Crippen LogP contribution is -2.42. The zero-order chi connectivity index (χ0) is 12.6. The number of aliphatic hydroxyl groups excluding tert-OH is 1. The van der Waals surface area contributed by atoms with Crippen LogP contribution in [0.4, 0.5) is 0 Å². The van der Waals surface area contributed by atoms with Crippen LogP contribution in [0.3, 0.4) is 0 Å². The summed E-state index contributed by atoms with van der Waals surface area (Å²) in [6, 6.07) is 0. The lowest BCUT2D eigenvalue weighted by Gasteiger charge is -2.46. The maximum atomic E-state index is 10.9. The molecule has 1 fully saturated rings.